The Bertz CT molecular complexity index is 400. The molecule has 0 aromatic rings. The summed E-state index contributed by atoms with van der Waals surface area (Å²) in [4.78, 5) is 23.7. The number of hydrogen-bond acceptors (Lipinski definition) is 5. The third-order valence-electron chi connectivity index (χ3n) is 2.68. The molecule has 2 N–H and O–H groups in total. The highest BCUT2D eigenvalue weighted by molar-refractivity contribution is 7.93. The molecule has 1 aliphatic heterocycles. The third-order valence-corrected chi connectivity index (χ3v) is 4.61. The Balaban J connectivity index is 2.64. The summed E-state index contributed by atoms with van der Waals surface area (Å²) in [5, 5.41) is 10.1. The van der Waals surface area contributed by atoms with E-state index < -0.39 is 32.7 Å². The minimum Gasteiger partial charge on any atom is -0.480 e. The van der Waals surface area contributed by atoms with Crippen LogP contribution in [0.25, 0.3) is 0 Å². The molecule has 17 heavy (non-hydrogen) atoms. The summed E-state index contributed by atoms with van der Waals surface area (Å²) >= 11 is 0. The maximum absolute atomic E-state index is 11.7. The van der Waals surface area contributed by atoms with Crippen LogP contribution in [0.5, 0.6) is 0 Å². The largest absolute Gasteiger partial charge is 0.480 e. The van der Waals surface area contributed by atoms with Crippen molar-refractivity contribution < 1.29 is 23.1 Å². The lowest BCUT2D eigenvalue weighted by molar-refractivity contribution is -0.136. The van der Waals surface area contributed by atoms with Crippen molar-refractivity contribution >= 4 is 21.7 Å². The minimum atomic E-state index is -3.92. The molecule has 1 unspecified atom stereocenters. The van der Waals surface area contributed by atoms with Crippen molar-refractivity contribution in [1.29, 1.82) is 0 Å². The first-order valence-corrected chi connectivity index (χ1v) is 6.99. The number of nitrogens with one attached hydrogen (secondary N) is 1. The number of carbonyl (C=O) groups is 2. The van der Waals surface area contributed by atoms with E-state index in [9.17, 15) is 18.0 Å². The van der Waals surface area contributed by atoms with E-state index in [1.807, 2.05) is 0 Å². The van der Waals surface area contributed by atoms with Crippen LogP contribution in [0.3, 0.4) is 0 Å². The van der Waals surface area contributed by atoms with E-state index in [-0.39, 0.29) is 0 Å². The van der Waals surface area contributed by atoms with Gasteiger partial charge in [0.1, 0.15) is 5.75 Å². The van der Waals surface area contributed by atoms with Crippen LogP contribution < -0.4 is 5.32 Å². The first kappa shape index (κ1) is 13.9. The monoisotopic (exact) mass is 264 g/mol. The van der Waals surface area contributed by atoms with E-state index in [0.717, 1.165) is 6.92 Å². The highest BCUT2D eigenvalue weighted by Gasteiger charge is 2.31. The van der Waals surface area contributed by atoms with Gasteiger partial charge in [-0.25, -0.2) is 8.42 Å². The number of carboxylic acid groups (broad SMARTS) is 1. The average Bonchev–Trinajstić information content (AvgIpc) is 2.28. The number of nitrogens with zero attached hydrogens (tertiary/aromatic N) is 1. The van der Waals surface area contributed by atoms with E-state index in [2.05, 4.69) is 5.32 Å². The number of carbonyl (C=O) groups excluding carboxylic acids is 1. The third kappa shape index (κ3) is 3.67. The fourth-order valence-electron chi connectivity index (χ4n) is 1.46. The molecule has 98 valence electrons. The van der Waals surface area contributed by atoms with Gasteiger partial charge in [0, 0.05) is 26.2 Å². The Kier molecular flexibility index (Phi) is 4.47. The quantitative estimate of drug-likeness (QED) is 0.627. The van der Waals surface area contributed by atoms with Gasteiger partial charge in [-0.1, -0.05) is 0 Å². The van der Waals surface area contributed by atoms with Crippen molar-refractivity contribution in [3.63, 3.8) is 0 Å². The molecule has 1 heterocycles. The Labute approximate surface area is 99.7 Å². The highest BCUT2D eigenvalue weighted by Crippen LogP contribution is 2.05. The van der Waals surface area contributed by atoms with E-state index >= 15 is 0 Å². The summed E-state index contributed by atoms with van der Waals surface area (Å²) < 4.78 is 23.2. The first-order valence-electron chi connectivity index (χ1n) is 5.27. The zero-order valence-corrected chi connectivity index (χ0v) is 10.4. The number of piperazine rings is 1. The van der Waals surface area contributed by atoms with Crippen LogP contribution in [0.15, 0.2) is 0 Å². The molecule has 0 aromatic heterocycles. The maximum atomic E-state index is 11.7. The Hall–Kier alpha value is -1.15. The lowest BCUT2D eigenvalue weighted by Crippen LogP contribution is -2.49. The SMILES string of the molecule is CC(C(=O)O)S(=O)(=O)CC(=O)N1CCNCC1. The van der Waals surface area contributed by atoms with Crippen molar-refractivity contribution in [3.8, 4) is 0 Å². The number of amides is 1. The van der Waals surface area contributed by atoms with Crippen molar-refractivity contribution in [2.45, 2.75) is 12.2 Å². The molecule has 1 saturated heterocycles. The van der Waals surface area contributed by atoms with Gasteiger partial charge in [0.2, 0.25) is 5.91 Å². The normalized spacial score (nSPS) is 18.8. The lowest BCUT2D eigenvalue weighted by atomic mass is 10.3. The van der Waals surface area contributed by atoms with Crippen LogP contribution in [-0.4, -0.2) is 67.5 Å². The molecule has 0 aromatic carbocycles. The van der Waals surface area contributed by atoms with Crippen molar-refractivity contribution in [1.82, 2.24) is 10.2 Å². The van der Waals surface area contributed by atoms with Gasteiger partial charge in [-0.05, 0) is 6.92 Å². The molecule has 0 radical (unpaired) electrons. The van der Waals surface area contributed by atoms with E-state index in [1.54, 1.807) is 0 Å². The zero-order valence-electron chi connectivity index (χ0n) is 9.55. The summed E-state index contributed by atoms with van der Waals surface area (Å²) in [6, 6.07) is 0. The highest BCUT2D eigenvalue weighted by atomic mass is 32.2. The molecule has 8 heteroatoms. The molecule has 0 bridgehead atoms. The summed E-state index contributed by atoms with van der Waals surface area (Å²) in [5.41, 5.74) is 0. The number of carboxylic acids is 1. The minimum absolute atomic E-state index is 0.454. The summed E-state index contributed by atoms with van der Waals surface area (Å²) in [7, 11) is -3.92. The lowest BCUT2D eigenvalue weighted by Gasteiger charge is -2.27. The van der Waals surface area contributed by atoms with Crippen LogP contribution >= 0.6 is 0 Å². The van der Waals surface area contributed by atoms with Gasteiger partial charge in [-0.3, -0.25) is 9.59 Å². The first-order chi connectivity index (χ1) is 7.84. The molecule has 0 spiro atoms. The summed E-state index contributed by atoms with van der Waals surface area (Å²) in [5.74, 6) is -2.70. The summed E-state index contributed by atoms with van der Waals surface area (Å²) in [6.07, 6.45) is 0. The smallest absolute Gasteiger partial charge is 0.321 e. The van der Waals surface area contributed by atoms with Crippen LogP contribution in [0.2, 0.25) is 0 Å². The molecule has 1 rings (SSSR count). The van der Waals surface area contributed by atoms with Crippen molar-refractivity contribution in [3.05, 3.63) is 0 Å². The standard InChI is InChI=1S/C9H16N2O5S/c1-7(9(13)14)17(15,16)6-8(12)11-4-2-10-3-5-11/h7,10H,2-6H2,1H3,(H,13,14). The van der Waals surface area contributed by atoms with Gasteiger partial charge in [0.05, 0.1) is 0 Å². The second kappa shape index (κ2) is 5.46. The van der Waals surface area contributed by atoms with E-state index in [0.29, 0.717) is 26.2 Å². The fraction of sp³-hybridized carbons (Fsp3) is 0.778. The average molecular weight is 264 g/mol. The van der Waals surface area contributed by atoms with Gasteiger partial charge in [-0.15, -0.1) is 0 Å². The van der Waals surface area contributed by atoms with Crippen LogP contribution in [0.1, 0.15) is 6.92 Å². The number of aliphatic carboxylic acids is 1. The van der Waals surface area contributed by atoms with Crippen molar-refractivity contribution in [2.75, 3.05) is 31.9 Å². The van der Waals surface area contributed by atoms with Gasteiger partial charge < -0.3 is 15.3 Å². The Morgan fingerprint density at radius 1 is 1.35 bits per heavy atom. The maximum Gasteiger partial charge on any atom is 0.321 e. The zero-order chi connectivity index (χ0) is 13.1. The predicted octanol–water partition coefficient (Wildman–Crippen LogP) is -1.69. The number of rotatable bonds is 4. The number of hydrogen-bond donors (Lipinski definition) is 2. The molecule has 1 fully saturated rings. The van der Waals surface area contributed by atoms with Gasteiger partial charge in [-0.2, -0.15) is 0 Å². The molecular formula is C9H16N2O5S. The van der Waals surface area contributed by atoms with E-state index in [1.165, 1.54) is 4.90 Å². The molecule has 1 amide bonds. The molecule has 1 atom stereocenters. The second-order valence-electron chi connectivity index (χ2n) is 3.92. The van der Waals surface area contributed by atoms with Gasteiger partial charge in [0.15, 0.2) is 15.1 Å². The van der Waals surface area contributed by atoms with Crippen molar-refractivity contribution in [2.24, 2.45) is 0 Å². The molecule has 7 nitrogen and oxygen atoms in total. The van der Waals surface area contributed by atoms with Crippen LogP contribution in [0, 0.1) is 0 Å². The number of sulfone groups is 1. The van der Waals surface area contributed by atoms with E-state index in [4.69, 9.17) is 5.11 Å². The van der Waals surface area contributed by atoms with Crippen LogP contribution in [0.4, 0.5) is 0 Å². The Morgan fingerprint density at radius 2 is 1.88 bits per heavy atom. The molecule has 0 aliphatic carbocycles. The topological polar surface area (TPSA) is 104 Å². The molecule has 1 aliphatic rings. The molecular weight excluding hydrogens is 248 g/mol. The van der Waals surface area contributed by atoms with Gasteiger partial charge >= 0.3 is 5.97 Å². The van der Waals surface area contributed by atoms with Crippen LogP contribution in [-0.2, 0) is 19.4 Å². The fourth-order valence-corrected chi connectivity index (χ4v) is 2.54. The summed E-state index contributed by atoms with van der Waals surface area (Å²) in [6.45, 7) is 3.23. The Morgan fingerprint density at radius 3 is 2.35 bits per heavy atom. The predicted molar refractivity (Wildman–Crippen MR) is 60.3 cm³/mol. The second-order valence-corrected chi connectivity index (χ2v) is 6.24. The van der Waals surface area contributed by atoms with Gasteiger partial charge in [0.25, 0.3) is 0 Å². The molecule has 0 saturated carbocycles.